The fourth-order valence-electron chi connectivity index (χ4n) is 2.17. The van der Waals surface area contributed by atoms with Crippen molar-refractivity contribution in [2.75, 3.05) is 27.3 Å². The molecule has 1 heterocycles. The largest absolute Gasteiger partial charge is 0.493 e. The highest BCUT2D eigenvalue weighted by molar-refractivity contribution is 5.77. The van der Waals surface area contributed by atoms with Gasteiger partial charge in [-0.3, -0.25) is 4.99 Å². The molecule has 0 aliphatic heterocycles. The summed E-state index contributed by atoms with van der Waals surface area (Å²) in [5.41, 5.74) is 6.98. The predicted octanol–water partition coefficient (Wildman–Crippen LogP) is 1.99. The first-order chi connectivity index (χ1) is 11.2. The zero-order chi connectivity index (χ0) is 16.5. The lowest BCUT2D eigenvalue weighted by Gasteiger charge is -2.10. The van der Waals surface area contributed by atoms with Crippen molar-refractivity contribution in [3.63, 3.8) is 0 Å². The normalized spacial score (nSPS) is 11.3. The summed E-state index contributed by atoms with van der Waals surface area (Å²) in [4.78, 5) is 4.27. The van der Waals surface area contributed by atoms with Crippen molar-refractivity contribution in [3.05, 3.63) is 47.9 Å². The van der Waals surface area contributed by atoms with Gasteiger partial charge in [-0.15, -0.1) is 0 Å². The molecule has 0 bridgehead atoms. The van der Waals surface area contributed by atoms with Gasteiger partial charge in [-0.25, -0.2) is 0 Å². The molecule has 124 valence electrons. The minimum atomic E-state index is 0.442. The second-order valence-electron chi connectivity index (χ2n) is 4.96. The minimum absolute atomic E-state index is 0.442. The molecule has 3 N–H and O–H groups in total. The van der Waals surface area contributed by atoms with E-state index in [1.165, 1.54) is 0 Å². The molecular weight excluding hydrogens is 294 g/mol. The number of nitrogens with zero attached hydrogens (tertiary/aromatic N) is 1. The number of nitrogens with two attached hydrogens (primary N) is 1. The van der Waals surface area contributed by atoms with Gasteiger partial charge in [-0.2, -0.15) is 0 Å². The van der Waals surface area contributed by atoms with Crippen molar-refractivity contribution in [1.82, 2.24) is 5.32 Å². The molecule has 0 fully saturated rings. The van der Waals surface area contributed by atoms with E-state index >= 15 is 0 Å². The SMILES string of the molecule is COc1ccc(CCNC(N)=NCCc2ccco2)cc1OC. The van der Waals surface area contributed by atoms with E-state index in [0.29, 0.717) is 19.0 Å². The van der Waals surface area contributed by atoms with E-state index in [-0.39, 0.29) is 0 Å². The molecule has 1 aromatic heterocycles. The van der Waals surface area contributed by atoms with Crippen LogP contribution < -0.4 is 20.5 Å². The number of nitrogens with one attached hydrogen (secondary N) is 1. The topological polar surface area (TPSA) is 82.0 Å². The summed E-state index contributed by atoms with van der Waals surface area (Å²) < 4.78 is 15.8. The number of methoxy groups -OCH3 is 2. The zero-order valence-electron chi connectivity index (χ0n) is 13.5. The molecule has 1 aromatic carbocycles. The zero-order valence-corrected chi connectivity index (χ0v) is 13.5. The van der Waals surface area contributed by atoms with Crippen LogP contribution in [0, 0.1) is 0 Å². The molecule has 2 aromatic rings. The quantitative estimate of drug-likeness (QED) is 0.575. The molecule has 6 heteroatoms. The van der Waals surface area contributed by atoms with Crippen LogP contribution in [-0.2, 0) is 12.8 Å². The molecule has 0 aliphatic rings. The molecule has 0 spiro atoms. The second kappa shape index (κ2) is 8.73. The third-order valence-corrected chi connectivity index (χ3v) is 3.39. The summed E-state index contributed by atoms with van der Waals surface area (Å²) in [5.74, 6) is 2.80. The van der Waals surface area contributed by atoms with Crippen LogP contribution in [0.1, 0.15) is 11.3 Å². The van der Waals surface area contributed by atoms with Gasteiger partial charge in [-0.05, 0) is 36.2 Å². The highest BCUT2D eigenvalue weighted by Crippen LogP contribution is 2.27. The Morgan fingerprint density at radius 2 is 2.00 bits per heavy atom. The van der Waals surface area contributed by atoms with E-state index in [4.69, 9.17) is 19.6 Å². The molecule has 23 heavy (non-hydrogen) atoms. The summed E-state index contributed by atoms with van der Waals surface area (Å²) in [6.45, 7) is 1.30. The van der Waals surface area contributed by atoms with Gasteiger partial charge in [0.2, 0.25) is 0 Å². The molecule has 0 atom stereocenters. The lowest BCUT2D eigenvalue weighted by Crippen LogP contribution is -2.33. The first-order valence-corrected chi connectivity index (χ1v) is 7.50. The van der Waals surface area contributed by atoms with Gasteiger partial charge in [-0.1, -0.05) is 6.07 Å². The van der Waals surface area contributed by atoms with Crippen LogP contribution in [0.3, 0.4) is 0 Å². The number of benzene rings is 1. The van der Waals surface area contributed by atoms with Crippen molar-refractivity contribution < 1.29 is 13.9 Å². The second-order valence-corrected chi connectivity index (χ2v) is 4.96. The molecule has 0 aliphatic carbocycles. The number of furan rings is 1. The van der Waals surface area contributed by atoms with Gasteiger partial charge >= 0.3 is 0 Å². The fourth-order valence-corrected chi connectivity index (χ4v) is 2.17. The average molecular weight is 317 g/mol. The Hall–Kier alpha value is -2.63. The molecule has 2 rings (SSSR count). The van der Waals surface area contributed by atoms with Crippen LogP contribution in [0.5, 0.6) is 11.5 Å². The smallest absolute Gasteiger partial charge is 0.188 e. The van der Waals surface area contributed by atoms with E-state index < -0.39 is 0 Å². The van der Waals surface area contributed by atoms with Crippen LogP contribution in [0.25, 0.3) is 0 Å². The number of guanidine groups is 1. The highest BCUT2D eigenvalue weighted by Gasteiger charge is 2.04. The van der Waals surface area contributed by atoms with Gasteiger partial charge in [0.15, 0.2) is 17.5 Å². The lowest BCUT2D eigenvalue weighted by atomic mass is 10.1. The number of hydrogen-bond donors (Lipinski definition) is 2. The Kier molecular flexibility index (Phi) is 6.35. The molecule has 6 nitrogen and oxygen atoms in total. The Labute approximate surface area is 136 Å². The summed E-state index contributed by atoms with van der Waals surface area (Å²) in [5, 5.41) is 3.10. The van der Waals surface area contributed by atoms with Gasteiger partial charge in [0, 0.05) is 19.5 Å². The number of ether oxygens (including phenoxy) is 2. The molecule has 0 amide bonds. The van der Waals surface area contributed by atoms with E-state index in [2.05, 4.69) is 10.3 Å². The third-order valence-electron chi connectivity index (χ3n) is 3.39. The monoisotopic (exact) mass is 317 g/mol. The average Bonchev–Trinajstić information content (AvgIpc) is 3.08. The van der Waals surface area contributed by atoms with Crippen molar-refractivity contribution >= 4 is 5.96 Å². The first-order valence-electron chi connectivity index (χ1n) is 7.50. The maximum atomic E-state index is 5.84. The van der Waals surface area contributed by atoms with Crippen LogP contribution in [-0.4, -0.2) is 33.3 Å². The fraction of sp³-hybridized carbons (Fsp3) is 0.353. The number of aliphatic imine (C=N–C) groups is 1. The van der Waals surface area contributed by atoms with Crippen LogP contribution in [0.2, 0.25) is 0 Å². The Balaban J connectivity index is 1.75. The van der Waals surface area contributed by atoms with Crippen LogP contribution in [0.15, 0.2) is 46.0 Å². The van der Waals surface area contributed by atoms with Crippen LogP contribution in [0.4, 0.5) is 0 Å². The van der Waals surface area contributed by atoms with E-state index in [9.17, 15) is 0 Å². The van der Waals surface area contributed by atoms with E-state index in [1.54, 1.807) is 20.5 Å². The molecule has 0 unspecified atom stereocenters. The maximum Gasteiger partial charge on any atom is 0.188 e. The van der Waals surface area contributed by atoms with E-state index in [1.807, 2.05) is 30.3 Å². The molecule has 0 radical (unpaired) electrons. The first kappa shape index (κ1) is 16.7. The van der Waals surface area contributed by atoms with Crippen molar-refractivity contribution in [1.29, 1.82) is 0 Å². The number of rotatable bonds is 8. The van der Waals surface area contributed by atoms with Gasteiger partial charge < -0.3 is 24.9 Å². The summed E-state index contributed by atoms with van der Waals surface area (Å²) in [6, 6.07) is 9.66. The van der Waals surface area contributed by atoms with Crippen molar-refractivity contribution in [2.45, 2.75) is 12.8 Å². The van der Waals surface area contributed by atoms with E-state index in [0.717, 1.165) is 35.7 Å². The molecule has 0 saturated heterocycles. The van der Waals surface area contributed by atoms with Gasteiger partial charge in [0.05, 0.1) is 20.5 Å². The summed E-state index contributed by atoms with van der Waals surface area (Å²) in [7, 11) is 3.25. The maximum absolute atomic E-state index is 5.84. The summed E-state index contributed by atoms with van der Waals surface area (Å²) >= 11 is 0. The predicted molar refractivity (Wildman–Crippen MR) is 90.2 cm³/mol. The standard InChI is InChI=1S/C17H23N3O3/c1-21-15-6-5-13(12-16(15)22-2)7-9-19-17(18)20-10-8-14-4-3-11-23-14/h3-6,11-12H,7-10H2,1-2H3,(H3,18,19,20). The van der Waals surface area contributed by atoms with Crippen molar-refractivity contribution in [2.24, 2.45) is 10.7 Å². The minimum Gasteiger partial charge on any atom is -0.493 e. The highest BCUT2D eigenvalue weighted by atomic mass is 16.5. The third kappa shape index (κ3) is 5.25. The lowest BCUT2D eigenvalue weighted by molar-refractivity contribution is 0.354. The molecular formula is C17H23N3O3. The van der Waals surface area contributed by atoms with Gasteiger partial charge in [0.1, 0.15) is 5.76 Å². The number of hydrogen-bond acceptors (Lipinski definition) is 4. The Morgan fingerprint density at radius 3 is 2.70 bits per heavy atom. The Bertz CT molecular complexity index is 624. The summed E-state index contributed by atoms with van der Waals surface area (Å²) in [6.07, 6.45) is 3.21. The Morgan fingerprint density at radius 1 is 1.17 bits per heavy atom. The van der Waals surface area contributed by atoms with Crippen LogP contribution >= 0.6 is 0 Å². The molecule has 0 saturated carbocycles. The van der Waals surface area contributed by atoms with Gasteiger partial charge in [0.25, 0.3) is 0 Å². The van der Waals surface area contributed by atoms with Crippen molar-refractivity contribution in [3.8, 4) is 11.5 Å².